The summed E-state index contributed by atoms with van der Waals surface area (Å²) in [6.07, 6.45) is 4.73. The van der Waals surface area contributed by atoms with Gasteiger partial charge in [0.25, 0.3) is 0 Å². The molecule has 0 radical (unpaired) electrons. The molecule has 4 rings (SSSR count). The Bertz CT molecular complexity index is 722. The number of hydrogen-bond donors (Lipinski definition) is 1. The van der Waals surface area contributed by atoms with E-state index in [-0.39, 0.29) is 11.9 Å². The quantitative estimate of drug-likeness (QED) is 0.932. The highest BCUT2D eigenvalue weighted by Crippen LogP contribution is 2.46. The molecule has 5 nitrogen and oxygen atoms in total. The van der Waals surface area contributed by atoms with Crippen LogP contribution in [-0.2, 0) is 16.6 Å². The molecule has 1 N–H and O–H groups in total. The summed E-state index contributed by atoms with van der Waals surface area (Å²) in [5, 5.41) is 11.1. The van der Waals surface area contributed by atoms with E-state index in [1.165, 1.54) is 29.7 Å². The zero-order valence-electron chi connectivity index (χ0n) is 13.9. The van der Waals surface area contributed by atoms with E-state index in [9.17, 15) is 4.79 Å². The van der Waals surface area contributed by atoms with Gasteiger partial charge in [0.2, 0.25) is 11.0 Å². The Balaban J connectivity index is 1.40. The first-order valence-corrected chi connectivity index (χ1v) is 9.45. The average molecular weight is 342 g/mol. The van der Waals surface area contributed by atoms with Gasteiger partial charge in [0, 0.05) is 0 Å². The highest BCUT2D eigenvalue weighted by atomic mass is 32.1. The van der Waals surface area contributed by atoms with E-state index in [2.05, 4.69) is 44.7 Å². The smallest absolute Gasteiger partial charge is 0.243 e. The van der Waals surface area contributed by atoms with Crippen molar-refractivity contribution in [3.8, 4) is 0 Å². The minimum Gasteiger partial charge on any atom is -0.299 e. The van der Waals surface area contributed by atoms with Crippen molar-refractivity contribution in [2.45, 2.75) is 44.1 Å². The van der Waals surface area contributed by atoms with Crippen molar-refractivity contribution < 1.29 is 4.79 Å². The zero-order chi connectivity index (χ0) is 16.6. The molecular weight excluding hydrogens is 320 g/mol. The fraction of sp³-hybridized carbons (Fsp3) is 0.500. The molecule has 1 saturated heterocycles. The van der Waals surface area contributed by atoms with Gasteiger partial charge in [-0.2, -0.15) is 0 Å². The Hall–Kier alpha value is -1.79. The van der Waals surface area contributed by atoms with E-state index in [4.69, 9.17) is 0 Å². The number of anilines is 1. The number of likely N-dealkylation sites (tertiary alicyclic amines) is 1. The number of carbonyl (C=O) groups is 1. The van der Waals surface area contributed by atoms with Gasteiger partial charge in [-0.3, -0.25) is 15.0 Å². The molecule has 2 aromatic rings. The van der Waals surface area contributed by atoms with Crippen LogP contribution in [0.15, 0.2) is 29.8 Å². The maximum Gasteiger partial charge on any atom is 0.243 e. The molecule has 0 bridgehead atoms. The number of benzene rings is 1. The second kappa shape index (κ2) is 6.26. The van der Waals surface area contributed by atoms with E-state index >= 15 is 0 Å². The Labute approximate surface area is 146 Å². The monoisotopic (exact) mass is 342 g/mol. The van der Waals surface area contributed by atoms with Crippen molar-refractivity contribution in [1.82, 2.24) is 15.1 Å². The summed E-state index contributed by atoms with van der Waals surface area (Å²) >= 11 is 1.35. The lowest BCUT2D eigenvalue weighted by Crippen LogP contribution is -2.49. The second-order valence-corrected chi connectivity index (χ2v) is 7.72. The van der Waals surface area contributed by atoms with Gasteiger partial charge in [0.1, 0.15) is 5.51 Å². The fourth-order valence-electron chi connectivity index (χ4n) is 4.23. The highest BCUT2D eigenvalue weighted by Gasteiger charge is 2.42. The minimum absolute atomic E-state index is 0.00882. The predicted octanol–water partition coefficient (Wildman–Crippen LogP) is 2.85. The number of nitrogens with one attached hydrogen (secondary N) is 1. The standard InChI is InChI=1S/C18H22N4OS/c1-13(16(23)20-17-21-19-12-24-17)22-10-8-18(9-11-22)7-6-14-4-2-3-5-15(14)18/h2-5,12-13H,6-11H2,1H3,(H,20,21,23). The molecule has 2 heterocycles. The van der Waals surface area contributed by atoms with Crippen LogP contribution in [0.5, 0.6) is 0 Å². The Morgan fingerprint density at radius 2 is 2.08 bits per heavy atom. The number of rotatable bonds is 3. The van der Waals surface area contributed by atoms with Crippen LogP contribution in [0.2, 0.25) is 0 Å². The molecule has 2 aliphatic rings. The maximum absolute atomic E-state index is 12.4. The summed E-state index contributed by atoms with van der Waals surface area (Å²) in [6, 6.07) is 8.75. The van der Waals surface area contributed by atoms with Crippen molar-refractivity contribution in [2.75, 3.05) is 18.4 Å². The third-order valence-corrected chi connectivity index (χ3v) is 6.34. The zero-order valence-corrected chi connectivity index (χ0v) is 14.7. The van der Waals surface area contributed by atoms with Crippen LogP contribution >= 0.6 is 11.3 Å². The summed E-state index contributed by atoms with van der Waals surface area (Å²) in [4.78, 5) is 14.7. The second-order valence-electron chi connectivity index (χ2n) is 6.88. The van der Waals surface area contributed by atoms with E-state index < -0.39 is 0 Å². The van der Waals surface area contributed by atoms with Gasteiger partial charge in [-0.1, -0.05) is 35.6 Å². The highest BCUT2D eigenvalue weighted by molar-refractivity contribution is 7.13. The first kappa shape index (κ1) is 15.7. The first-order chi connectivity index (χ1) is 11.7. The SMILES string of the molecule is CC(C(=O)Nc1nncs1)N1CCC2(CCc3ccccc32)CC1. The molecule has 1 spiro atoms. The van der Waals surface area contributed by atoms with Crippen molar-refractivity contribution in [1.29, 1.82) is 0 Å². The molecular formula is C18H22N4OS. The van der Waals surface area contributed by atoms with Gasteiger partial charge in [0.05, 0.1) is 6.04 Å². The Morgan fingerprint density at radius 3 is 2.83 bits per heavy atom. The van der Waals surface area contributed by atoms with Gasteiger partial charge >= 0.3 is 0 Å². The van der Waals surface area contributed by atoms with Crippen molar-refractivity contribution in [3.05, 3.63) is 40.9 Å². The third kappa shape index (κ3) is 2.74. The van der Waals surface area contributed by atoms with Gasteiger partial charge in [-0.05, 0) is 62.2 Å². The molecule has 1 fully saturated rings. The number of hydrogen-bond acceptors (Lipinski definition) is 5. The van der Waals surface area contributed by atoms with Crippen LogP contribution in [0.1, 0.15) is 37.3 Å². The van der Waals surface area contributed by atoms with Gasteiger partial charge in [-0.15, -0.1) is 10.2 Å². The lowest BCUT2D eigenvalue weighted by molar-refractivity contribution is -0.121. The van der Waals surface area contributed by atoms with E-state index in [1.807, 2.05) is 6.92 Å². The molecule has 1 aliphatic heterocycles. The fourth-order valence-corrected chi connectivity index (χ4v) is 4.67. The lowest BCUT2D eigenvalue weighted by Gasteiger charge is -2.42. The third-order valence-electron chi connectivity index (χ3n) is 5.73. The number of nitrogens with zero attached hydrogens (tertiary/aromatic N) is 3. The van der Waals surface area contributed by atoms with Crippen LogP contribution < -0.4 is 5.32 Å². The maximum atomic E-state index is 12.4. The molecule has 0 saturated carbocycles. The number of amides is 1. The number of aryl methyl sites for hydroxylation is 1. The normalized spacial score (nSPS) is 20.7. The van der Waals surface area contributed by atoms with E-state index in [0.29, 0.717) is 10.5 Å². The number of carbonyl (C=O) groups excluding carboxylic acids is 1. The van der Waals surface area contributed by atoms with E-state index in [0.717, 1.165) is 25.9 Å². The molecule has 24 heavy (non-hydrogen) atoms. The summed E-state index contributed by atoms with van der Waals surface area (Å²) in [6.45, 7) is 3.93. The predicted molar refractivity (Wildman–Crippen MR) is 95.2 cm³/mol. The summed E-state index contributed by atoms with van der Waals surface area (Å²) in [5.41, 5.74) is 5.04. The van der Waals surface area contributed by atoms with Crippen LogP contribution in [0.25, 0.3) is 0 Å². The van der Waals surface area contributed by atoms with Gasteiger partial charge in [0.15, 0.2) is 0 Å². The van der Waals surface area contributed by atoms with Crippen LogP contribution in [0, 0.1) is 0 Å². The van der Waals surface area contributed by atoms with E-state index in [1.54, 1.807) is 11.1 Å². The summed E-state index contributed by atoms with van der Waals surface area (Å²) in [7, 11) is 0. The van der Waals surface area contributed by atoms with Gasteiger partial charge in [-0.25, -0.2) is 0 Å². The molecule has 1 amide bonds. The number of piperidine rings is 1. The summed E-state index contributed by atoms with van der Waals surface area (Å²) in [5.74, 6) is 0.00882. The molecule has 1 aromatic carbocycles. The minimum atomic E-state index is -0.136. The number of aromatic nitrogens is 2. The molecule has 6 heteroatoms. The number of fused-ring (bicyclic) bond motifs is 2. The van der Waals surface area contributed by atoms with Crippen molar-refractivity contribution in [3.63, 3.8) is 0 Å². The van der Waals surface area contributed by atoms with Crippen LogP contribution in [0.4, 0.5) is 5.13 Å². The largest absolute Gasteiger partial charge is 0.299 e. The lowest BCUT2D eigenvalue weighted by atomic mass is 9.73. The molecule has 126 valence electrons. The van der Waals surface area contributed by atoms with Crippen LogP contribution in [-0.4, -0.2) is 40.1 Å². The first-order valence-electron chi connectivity index (χ1n) is 8.57. The van der Waals surface area contributed by atoms with Gasteiger partial charge < -0.3 is 0 Å². The average Bonchev–Trinajstić information content (AvgIpc) is 3.24. The molecule has 1 aromatic heterocycles. The van der Waals surface area contributed by atoms with Crippen molar-refractivity contribution in [2.24, 2.45) is 0 Å². The molecule has 1 atom stereocenters. The summed E-state index contributed by atoms with van der Waals surface area (Å²) < 4.78 is 0. The van der Waals surface area contributed by atoms with Crippen molar-refractivity contribution >= 4 is 22.4 Å². The topological polar surface area (TPSA) is 58.1 Å². The van der Waals surface area contributed by atoms with Crippen LogP contribution in [0.3, 0.4) is 0 Å². The molecule has 1 aliphatic carbocycles. The Kier molecular flexibility index (Phi) is 4.10. The Morgan fingerprint density at radius 1 is 1.29 bits per heavy atom. The molecule has 1 unspecified atom stereocenters.